The van der Waals surface area contributed by atoms with Crippen LogP contribution in [0.1, 0.15) is 22.9 Å². The zero-order chi connectivity index (χ0) is 17.6. The highest BCUT2D eigenvalue weighted by Crippen LogP contribution is 2.19. The molecule has 1 N–H and O–H groups in total. The summed E-state index contributed by atoms with van der Waals surface area (Å²) in [4.78, 5) is 17.0. The van der Waals surface area contributed by atoms with Crippen molar-refractivity contribution in [2.24, 2.45) is 0 Å². The van der Waals surface area contributed by atoms with Gasteiger partial charge in [-0.25, -0.2) is 9.37 Å². The maximum absolute atomic E-state index is 12.9. The lowest BCUT2D eigenvalue weighted by Gasteiger charge is -2.18. The first-order chi connectivity index (χ1) is 12.1. The van der Waals surface area contributed by atoms with Gasteiger partial charge in [0, 0.05) is 12.7 Å². The number of benzene rings is 2. The fourth-order valence-electron chi connectivity index (χ4n) is 2.75. The van der Waals surface area contributed by atoms with Crippen LogP contribution < -0.4 is 5.32 Å². The third kappa shape index (κ3) is 4.32. The Morgan fingerprint density at radius 2 is 1.88 bits per heavy atom. The summed E-state index contributed by atoms with van der Waals surface area (Å²) < 4.78 is 14.8. The smallest absolute Gasteiger partial charge is 0.247 e. The molecular weight excluding hydrogens is 317 g/mol. The molecule has 0 spiro atoms. The first kappa shape index (κ1) is 16.9. The Labute approximate surface area is 146 Å². The molecule has 1 unspecified atom stereocenters. The fourth-order valence-corrected chi connectivity index (χ4v) is 2.75. The molecule has 1 amide bonds. The van der Waals surface area contributed by atoms with Crippen LogP contribution in [-0.4, -0.2) is 22.0 Å². The van der Waals surface area contributed by atoms with Gasteiger partial charge >= 0.3 is 0 Å². The quantitative estimate of drug-likeness (QED) is 0.750. The maximum atomic E-state index is 12.9. The number of nitrogens with zero attached hydrogens (tertiary/aromatic N) is 2. The molecule has 1 heterocycles. The minimum atomic E-state index is -0.462. The van der Waals surface area contributed by atoms with Gasteiger partial charge in [0.2, 0.25) is 5.91 Å². The van der Waals surface area contributed by atoms with E-state index in [1.54, 1.807) is 18.5 Å². The van der Waals surface area contributed by atoms with Gasteiger partial charge in [-0.15, -0.1) is 0 Å². The number of nitrogens with one attached hydrogen (secondary N) is 1. The average molecular weight is 337 g/mol. The number of hydrogen-bond donors (Lipinski definition) is 1. The summed E-state index contributed by atoms with van der Waals surface area (Å²) in [5.41, 5.74) is 2.75. The Bertz CT molecular complexity index is 828. The standard InChI is InChI=1S/C20H20FN3O/c1-15-13-24(14-23-15)19(17-5-3-2-4-6-17)20(25)22-12-11-16-7-9-18(21)10-8-16/h2-10,13-14,19H,11-12H2,1H3,(H,22,25). The fraction of sp³-hybridized carbons (Fsp3) is 0.200. The first-order valence-electron chi connectivity index (χ1n) is 8.20. The predicted octanol–water partition coefficient (Wildman–Crippen LogP) is 3.28. The van der Waals surface area contributed by atoms with Crippen molar-refractivity contribution in [2.75, 3.05) is 6.54 Å². The van der Waals surface area contributed by atoms with E-state index < -0.39 is 6.04 Å². The molecule has 2 aromatic carbocycles. The molecule has 0 radical (unpaired) electrons. The van der Waals surface area contributed by atoms with Crippen LogP contribution in [-0.2, 0) is 11.2 Å². The largest absolute Gasteiger partial charge is 0.354 e. The zero-order valence-corrected chi connectivity index (χ0v) is 14.0. The van der Waals surface area contributed by atoms with Crippen molar-refractivity contribution in [3.05, 3.63) is 89.8 Å². The maximum Gasteiger partial charge on any atom is 0.247 e. The normalized spacial score (nSPS) is 11.9. The van der Waals surface area contributed by atoms with Crippen molar-refractivity contribution in [2.45, 2.75) is 19.4 Å². The van der Waals surface area contributed by atoms with E-state index in [9.17, 15) is 9.18 Å². The van der Waals surface area contributed by atoms with E-state index in [-0.39, 0.29) is 11.7 Å². The third-order valence-corrected chi connectivity index (χ3v) is 4.02. The number of carbonyl (C=O) groups excluding carboxylic acids is 1. The van der Waals surface area contributed by atoms with Crippen LogP contribution in [0.15, 0.2) is 67.1 Å². The van der Waals surface area contributed by atoms with Crippen molar-refractivity contribution in [1.82, 2.24) is 14.9 Å². The van der Waals surface area contributed by atoms with E-state index in [1.807, 2.05) is 48.0 Å². The molecule has 128 valence electrons. The second-order valence-electron chi connectivity index (χ2n) is 5.94. The molecule has 1 atom stereocenters. The summed E-state index contributed by atoms with van der Waals surface area (Å²) in [5, 5.41) is 2.97. The van der Waals surface area contributed by atoms with Gasteiger partial charge in [-0.05, 0) is 36.6 Å². The number of imidazole rings is 1. The van der Waals surface area contributed by atoms with E-state index in [2.05, 4.69) is 10.3 Å². The molecule has 0 saturated heterocycles. The SMILES string of the molecule is Cc1cn(C(C(=O)NCCc2ccc(F)cc2)c2ccccc2)cn1. The topological polar surface area (TPSA) is 46.9 Å². The lowest BCUT2D eigenvalue weighted by molar-refractivity contribution is -0.123. The number of hydrogen-bond acceptors (Lipinski definition) is 2. The average Bonchev–Trinajstić information content (AvgIpc) is 3.04. The van der Waals surface area contributed by atoms with Crippen LogP contribution in [0.5, 0.6) is 0 Å². The summed E-state index contributed by atoms with van der Waals surface area (Å²) in [6.07, 6.45) is 4.18. The number of halogens is 1. The van der Waals surface area contributed by atoms with Gasteiger partial charge in [0.1, 0.15) is 11.9 Å². The molecule has 4 nitrogen and oxygen atoms in total. The highest BCUT2D eigenvalue weighted by atomic mass is 19.1. The van der Waals surface area contributed by atoms with Gasteiger partial charge in [0.15, 0.2) is 0 Å². The van der Waals surface area contributed by atoms with Crippen LogP contribution in [0.3, 0.4) is 0 Å². The monoisotopic (exact) mass is 337 g/mol. The highest BCUT2D eigenvalue weighted by Gasteiger charge is 2.22. The molecule has 3 rings (SSSR count). The number of aryl methyl sites for hydroxylation is 1. The van der Waals surface area contributed by atoms with Crippen molar-refractivity contribution in [3.63, 3.8) is 0 Å². The Hall–Kier alpha value is -2.95. The Morgan fingerprint density at radius 3 is 2.52 bits per heavy atom. The highest BCUT2D eigenvalue weighted by molar-refractivity contribution is 5.83. The van der Waals surface area contributed by atoms with Crippen LogP contribution in [0.25, 0.3) is 0 Å². The molecule has 0 aliphatic rings. The van der Waals surface area contributed by atoms with Gasteiger partial charge in [-0.1, -0.05) is 42.5 Å². The van der Waals surface area contributed by atoms with E-state index in [0.29, 0.717) is 13.0 Å². The van der Waals surface area contributed by atoms with E-state index in [0.717, 1.165) is 16.8 Å². The molecule has 0 aliphatic carbocycles. The summed E-state index contributed by atoms with van der Waals surface area (Å²) in [6.45, 7) is 2.38. The summed E-state index contributed by atoms with van der Waals surface area (Å²) in [5.74, 6) is -0.349. The third-order valence-electron chi connectivity index (χ3n) is 4.02. The molecule has 1 aromatic heterocycles. The molecule has 0 fully saturated rings. The van der Waals surface area contributed by atoms with Crippen LogP contribution in [0.4, 0.5) is 4.39 Å². The van der Waals surface area contributed by atoms with Gasteiger partial charge in [-0.2, -0.15) is 0 Å². The zero-order valence-electron chi connectivity index (χ0n) is 14.0. The first-order valence-corrected chi connectivity index (χ1v) is 8.20. The predicted molar refractivity (Wildman–Crippen MR) is 94.7 cm³/mol. The van der Waals surface area contributed by atoms with Crippen molar-refractivity contribution >= 4 is 5.91 Å². The van der Waals surface area contributed by atoms with E-state index in [1.165, 1.54) is 12.1 Å². The van der Waals surface area contributed by atoms with Gasteiger partial charge in [0.05, 0.1) is 12.0 Å². The summed E-state index contributed by atoms with van der Waals surface area (Å²) in [7, 11) is 0. The second-order valence-corrected chi connectivity index (χ2v) is 5.94. The minimum absolute atomic E-state index is 0.0919. The summed E-state index contributed by atoms with van der Waals surface area (Å²) in [6, 6.07) is 15.5. The summed E-state index contributed by atoms with van der Waals surface area (Å²) >= 11 is 0. The Kier molecular flexibility index (Phi) is 5.23. The Balaban J connectivity index is 1.70. The van der Waals surface area contributed by atoms with Crippen molar-refractivity contribution in [1.29, 1.82) is 0 Å². The minimum Gasteiger partial charge on any atom is -0.354 e. The lowest BCUT2D eigenvalue weighted by atomic mass is 10.1. The van der Waals surface area contributed by atoms with Crippen LogP contribution in [0, 0.1) is 12.7 Å². The molecule has 0 bridgehead atoms. The molecule has 3 aromatic rings. The molecule has 0 saturated carbocycles. The second kappa shape index (κ2) is 7.75. The molecule has 25 heavy (non-hydrogen) atoms. The number of carbonyl (C=O) groups is 1. The van der Waals surface area contributed by atoms with Crippen molar-refractivity contribution in [3.8, 4) is 0 Å². The van der Waals surface area contributed by atoms with Crippen LogP contribution >= 0.6 is 0 Å². The lowest BCUT2D eigenvalue weighted by Crippen LogP contribution is -2.34. The number of amides is 1. The molecule has 5 heteroatoms. The number of aromatic nitrogens is 2. The van der Waals surface area contributed by atoms with Gasteiger partial charge < -0.3 is 9.88 Å². The molecular formula is C20H20FN3O. The molecule has 0 aliphatic heterocycles. The van der Waals surface area contributed by atoms with E-state index in [4.69, 9.17) is 0 Å². The van der Waals surface area contributed by atoms with E-state index >= 15 is 0 Å². The van der Waals surface area contributed by atoms with Crippen molar-refractivity contribution < 1.29 is 9.18 Å². The van der Waals surface area contributed by atoms with Crippen LogP contribution in [0.2, 0.25) is 0 Å². The number of rotatable bonds is 6. The van der Waals surface area contributed by atoms with Gasteiger partial charge in [-0.3, -0.25) is 4.79 Å². The van der Waals surface area contributed by atoms with Gasteiger partial charge in [0.25, 0.3) is 0 Å². The Morgan fingerprint density at radius 1 is 1.16 bits per heavy atom.